The monoisotopic (exact) mass is 390 g/mol. The molecule has 6 nitrogen and oxygen atoms in total. The minimum absolute atomic E-state index is 0.00872. The van der Waals surface area contributed by atoms with Gasteiger partial charge in [-0.25, -0.2) is 4.79 Å². The maximum Gasteiger partial charge on any atom is 0.407 e. The molecular weight excluding hydrogens is 356 g/mol. The lowest BCUT2D eigenvalue weighted by molar-refractivity contribution is -0.117. The number of carbonyl (C=O) groups is 3. The van der Waals surface area contributed by atoms with Crippen molar-refractivity contribution < 1.29 is 19.1 Å². The van der Waals surface area contributed by atoms with Gasteiger partial charge in [0.2, 0.25) is 5.91 Å². The number of benzene rings is 1. The molecule has 0 unspecified atom stereocenters. The Morgan fingerprint density at radius 1 is 1.00 bits per heavy atom. The van der Waals surface area contributed by atoms with Gasteiger partial charge in [0.05, 0.1) is 6.54 Å². The summed E-state index contributed by atoms with van der Waals surface area (Å²) in [7, 11) is 0. The highest BCUT2D eigenvalue weighted by molar-refractivity contribution is 5.86. The van der Waals surface area contributed by atoms with Gasteiger partial charge in [-0.3, -0.25) is 9.59 Å². The summed E-state index contributed by atoms with van der Waals surface area (Å²) in [6, 6.07) is 8.04. The lowest BCUT2D eigenvalue weighted by atomic mass is 10.1. The Balaban J connectivity index is 0.000000684. The fraction of sp³-hybridized carbons (Fsp3) is 0.500. The summed E-state index contributed by atoms with van der Waals surface area (Å²) < 4.78 is 5.00. The Morgan fingerprint density at radius 3 is 2.14 bits per heavy atom. The summed E-state index contributed by atoms with van der Waals surface area (Å²) in [5.74, 6) is -0.180. The van der Waals surface area contributed by atoms with Crippen LogP contribution in [0.4, 0.5) is 4.79 Å². The Morgan fingerprint density at radius 2 is 1.61 bits per heavy atom. The van der Waals surface area contributed by atoms with Gasteiger partial charge in [-0.1, -0.05) is 57.5 Å². The van der Waals surface area contributed by atoms with Crippen LogP contribution in [0.25, 0.3) is 0 Å². The van der Waals surface area contributed by atoms with Gasteiger partial charge in [0.1, 0.15) is 12.4 Å². The normalized spacial score (nSPS) is 9.54. The number of carbonyl (C=O) groups excluding carboxylic acids is 3. The van der Waals surface area contributed by atoms with Gasteiger partial charge in [0, 0.05) is 6.54 Å². The molecule has 0 heterocycles. The van der Waals surface area contributed by atoms with E-state index >= 15 is 0 Å². The number of Topliss-reactive ketones (excluding diaryl/α,β-unsaturated/α-hetero) is 1. The predicted octanol–water partition coefficient (Wildman–Crippen LogP) is 3.93. The zero-order valence-electron chi connectivity index (χ0n) is 17.4. The first-order valence-electron chi connectivity index (χ1n) is 9.81. The van der Waals surface area contributed by atoms with Gasteiger partial charge >= 0.3 is 6.09 Å². The van der Waals surface area contributed by atoms with E-state index in [1.807, 2.05) is 12.1 Å². The molecule has 0 atom stereocenters. The Bertz CT molecular complexity index is 597. The third kappa shape index (κ3) is 14.5. The van der Waals surface area contributed by atoms with Crippen LogP contribution in [0, 0.1) is 0 Å². The molecule has 1 aromatic carbocycles. The second-order valence-electron chi connectivity index (χ2n) is 6.40. The highest BCUT2D eigenvalue weighted by atomic mass is 16.5. The lowest BCUT2D eigenvalue weighted by Gasteiger charge is -2.06. The smallest absolute Gasteiger partial charge is 0.407 e. The van der Waals surface area contributed by atoms with Crippen LogP contribution in [-0.4, -0.2) is 30.9 Å². The average Bonchev–Trinajstić information content (AvgIpc) is 2.70. The molecule has 0 saturated carbocycles. The van der Waals surface area contributed by atoms with E-state index in [1.165, 1.54) is 31.4 Å². The molecule has 0 bridgehead atoms. The van der Waals surface area contributed by atoms with E-state index < -0.39 is 6.09 Å². The number of nitrogens with one attached hydrogen (secondary N) is 2. The molecule has 28 heavy (non-hydrogen) atoms. The van der Waals surface area contributed by atoms with Crippen molar-refractivity contribution in [1.82, 2.24) is 10.6 Å². The zero-order valence-corrected chi connectivity index (χ0v) is 17.4. The van der Waals surface area contributed by atoms with Crippen molar-refractivity contribution in [3.05, 3.63) is 48.0 Å². The maximum absolute atomic E-state index is 11.2. The number of ketones is 1. The van der Waals surface area contributed by atoms with E-state index in [-0.39, 0.29) is 24.8 Å². The van der Waals surface area contributed by atoms with Gasteiger partial charge in [-0.15, -0.1) is 0 Å². The molecule has 0 aliphatic rings. The second-order valence-corrected chi connectivity index (χ2v) is 6.40. The number of rotatable bonds is 11. The molecule has 0 aliphatic carbocycles. The highest BCUT2D eigenvalue weighted by Crippen LogP contribution is 2.08. The van der Waals surface area contributed by atoms with E-state index in [4.69, 9.17) is 4.74 Å². The van der Waals surface area contributed by atoms with Gasteiger partial charge < -0.3 is 15.4 Å². The molecule has 0 aromatic heterocycles. The maximum atomic E-state index is 11.2. The van der Waals surface area contributed by atoms with Gasteiger partial charge in [-0.2, -0.15) is 0 Å². The fourth-order valence-corrected chi connectivity index (χ4v) is 2.04. The average molecular weight is 391 g/mol. The van der Waals surface area contributed by atoms with E-state index in [1.54, 1.807) is 0 Å². The highest BCUT2D eigenvalue weighted by Gasteiger charge is 2.03. The Hall–Kier alpha value is -2.63. The molecule has 0 spiro atoms. The molecular formula is C22H34N2O4. The van der Waals surface area contributed by atoms with E-state index in [2.05, 4.69) is 43.2 Å². The minimum Gasteiger partial charge on any atom is -0.445 e. The van der Waals surface area contributed by atoms with Crippen LogP contribution in [0.2, 0.25) is 0 Å². The van der Waals surface area contributed by atoms with E-state index in [9.17, 15) is 14.4 Å². The number of unbranched alkanes of at least 4 members (excludes halogenated alkanes) is 2. The first-order valence-corrected chi connectivity index (χ1v) is 9.81. The van der Waals surface area contributed by atoms with Crippen LogP contribution < -0.4 is 10.6 Å². The third-order valence-corrected chi connectivity index (χ3v) is 3.71. The quantitative estimate of drug-likeness (QED) is 0.443. The first-order chi connectivity index (χ1) is 13.4. The molecule has 1 aromatic rings. The van der Waals surface area contributed by atoms with E-state index in [0.29, 0.717) is 0 Å². The lowest BCUT2D eigenvalue weighted by Crippen LogP contribution is -2.28. The molecule has 2 N–H and O–H groups in total. The van der Waals surface area contributed by atoms with Crippen LogP contribution in [0.1, 0.15) is 57.6 Å². The number of alkyl carbamates (subject to hydrolysis) is 1. The number of hydrogen-bond acceptors (Lipinski definition) is 4. The minimum atomic E-state index is -0.565. The standard InChI is InChI=1S/C15H21NO3.C7H13NO/c1-3-4-5-13-6-8-14(9-7-13)11-19-15(18)16-10-12(2)17;1-3-5-6-8-7(9)4-2/h6-9H,3-5,10-11H2,1-2H3,(H,16,18);4H,2-3,5-6H2,1H3,(H,8,9). The van der Waals surface area contributed by atoms with Crippen molar-refractivity contribution >= 4 is 17.8 Å². The van der Waals surface area contributed by atoms with Crippen molar-refractivity contribution in [3.8, 4) is 0 Å². The predicted molar refractivity (Wildman–Crippen MR) is 112 cm³/mol. The fourth-order valence-electron chi connectivity index (χ4n) is 2.04. The zero-order chi connectivity index (χ0) is 21.2. The second kappa shape index (κ2) is 16.5. The van der Waals surface area contributed by atoms with Gasteiger partial charge in [0.25, 0.3) is 0 Å². The molecule has 2 amide bonds. The Labute approximate surface area is 168 Å². The molecule has 156 valence electrons. The molecule has 0 aliphatic heterocycles. The largest absolute Gasteiger partial charge is 0.445 e. The summed E-state index contributed by atoms with van der Waals surface area (Å²) in [5.41, 5.74) is 2.24. The molecule has 6 heteroatoms. The van der Waals surface area contributed by atoms with Crippen LogP contribution in [-0.2, 0) is 27.4 Å². The summed E-state index contributed by atoms with van der Waals surface area (Å²) in [5, 5.41) is 5.06. The number of aryl methyl sites for hydroxylation is 1. The van der Waals surface area contributed by atoms with Crippen LogP contribution in [0.3, 0.4) is 0 Å². The summed E-state index contributed by atoms with van der Waals surface area (Å²) >= 11 is 0. The van der Waals surface area contributed by atoms with Crippen molar-refractivity contribution in [2.45, 2.75) is 59.5 Å². The van der Waals surface area contributed by atoms with Crippen LogP contribution in [0.15, 0.2) is 36.9 Å². The molecule has 0 saturated heterocycles. The molecule has 0 radical (unpaired) electrons. The summed E-state index contributed by atoms with van der Waals surface area (Å²) in [6.45, 7) is 9.99. The molecule has 0 fully saturated rings. The summed E-state index contributed by atoms with van der Waals surface area (Å²) in [6.07, 6.45) is 6.32. The SMILES string of the molecule is C=CC(=O)NCCCC.CCCCc1ccc(COC(=O)NCC(C)=O)cc1. The van der Waals surface area contributed by atoms with Crippen molar-refractivity contribution in [1.29, 1.82) is 0 Å². The number of hydrogen-bond donors (Lipinski definition) is 2. The number of ether oxygens (including phenoxy) is 1. The van der Waals surface area contributed by atoms with Crippen LogP contribution >= 0.6 is 0 Å². The molecule has 1 rings (SSSR count). The van der Waals surface area contributed by atoms with Crippen LogP contribution in [0.5, 0.6) is 0 Å². The van der Waals surface area contributed by atoms with Gasteiger partial charge in [-0.05, 0) is 43.4 Å². The first kappa shape index (κ1) is 25.4. The Kier molecular flexibility index (Phi) is 15.0. The van der Waals surface area contributed by atoms with Gasteiger partial charge in [0.15, 0.2) is 0 Å². The van der Waals surface area contributed by atoms with E-state index in [0.717, 1.165) is 31.4 Å². The topological polar surface area (TPSA) is 84.5 Å². The number of amides is 2. The third-order valence-electron chi connectivity index (χ3n) is 3.71. The summed E-state index contributed by atoms with van der Waals surface area (Å²) in [4.78, 5) is 32.4. The van der Waals surface area contributed by atoms with Crippen molar-refractivity contribution in [2.24, 2.45) is 0 Å². The van der Waals surface area contributed by atoms with Crippen molar-refractivity contribution in [2.75, 3.05) is 13.1 Å². The van der Waals surface area contributed by atoms with Crippen molar-refractivity contribution in [3.63, 3.8) is 0 Å².